The predicted molar refractivity (Wildman–Crippen MR) is 92.3 cm³/mol. The van der Waals surface area contributed by atoms with E-state index in [1.165, 1.54) is 11.3 Å². The second-order valence-corrected chi connectivity index (χ2v) is 10.1. The molecule has 2 N–H and O–H groups in total. The third-order valence-electron chi connectivity index (χ3n) is 2.79. The minimum absolute atomic E-state index is 0.0634. The molecule has 23 heavy (non-hydrogen) atoms. The Morgan fingerprint density at radius 2 is 1.83 bits per heavy atom. The molecule has 1 amide bonds. The summed E-state index contributed by atoms with van der Waals surface area (Å²) < 4.78 is 32.6. The van der Waals surface area contributed by atoms with Crippen molar-refractivity contribution in [1.29, 1.82) is 0 Å². The summed E-state index contributed by atoms with van der Waals surface area (Å²) in [5, 5.41) is 2.67. The van der Waals surface area contributed by atoms with E-state index in [-0.39, 0.29) is 10.8 Å². The fraction of sp³-hybridized carbons (Fsp3) is 0.667. The van der Waals surface area contributed by atoms with Crippen LogP contribution in [0.1, 0.15) is 46.4 Å². The number of alkyl carbamates (subject to hydrolysis) is 1. The first-order valence-electron chi connectivity index (χ1n) is 7.44. The fourth-order valence-electron chi connectivity index (χ4n) is 1.66. The van der Waals surface area contributed by atoms with E-state index in [0.29, 0.717) is 0 Å². The Morgan fingerprint density at radius 1 is 1.22 bits per heavy atom. The molecule has 1 aromatic rings. The SMILES string of the molecule is CCc1ccc(S(=O)(=O)NCC(C)(C)NC(=O)OC(C)(C)C)s1. The number of ether oxygens (including phenoxy) is 1. The summed E-state index contributed by atoms with van der Waals surface area (Å²) in [6, 6.07) is 3.41. The average molecular weight is 363 g/mol. The molecule has 1 heterocycles. The van der Waals surface area contributed by atoms with Crippen LogP contribution in [-0.4, -0.2) is 32.2 Å². The molecular formula is C15H26N2O4S2. The number of thiophene rings is 1. The number of carbonyl (C=O) groups is 1. The van der Waals surface area contributed by atoms with Crippen LogP contribution in [0.2, 0.25) is 0 Å². The van der Waals surface area contributed by atoms with E-state index in [9.17, 15) is 13.2 Å². The maximum atomic E-state index is 12.3. The molecule has 8 heteroatoms. The molecule has 0 aliphatic rings. The van der Waals surface area contributed by atoms with Gasteiger partial charge in [-0.15, -0.1) is 11.3 Å². The fourth-order valence-corrected chi connectivity index (χ4v) is 4.22. The van der Waals surface area contributed by atoms with Crippen molar-refractivity contribution in [2.45, 2.75) is 63.3 Å². The van der Waals surface area contributed by atoms with Gasteiger partial charge >= 0.3 is 6.09 Å². The molecule has 0 saturated carbocycles. The van der Waals surface area contributed by atoms with Crippen molar-refractivity contribution in [1.82, 2.24) is 10.0 Å². The largest absolute Gasteiger partial charge is 0.444 e. The summed E-state index contributed by atoms with van der Waals surface area (Å²) in [5.41, 5.74) is -1.38. The highest BCUT2D eigenvalue weighted by atomic mass is 32.2. The summed E-state index contributed by atoms with van der Waals surface area (Å²) in [7, 11) is -3.58. The van der Waals surface area contributed by atoms with Gasteiger partial charge < -0.3 is 10.1 Å². The lowest BCUT2D eigenvalue weighted by Crippen LogP contribution is -2.52. The van der Waals surface area contributed by atoms with Gasteiger partial charge in [-0.25, -0.2) is 17.9 Å². The maximum absolute atomic E-state index is 12.3. The van der Waals surface area contributed by atoms with E-state index < -0.39 is 27.3 Å². The smallest absolute Gasteiger partial charge is 0.408 e. The van der Waals surface area contributed by atoms with Crippen LogP contribution in [0.4, 0.5) is 4.79 Å². The zero-order valence-corrected chi connectivity index (χ0v) is 16.2. The zero-order chi connectivity index (χ0) is 17.9. The Kier molecular flexibility index (Phi) is 6.23. The second kappa shape index (κ2) is 7.19. The van der Waals surface area contributed by atoms with Crippen molar-refractivity contribution in [2.24, 2.45) is 0 Å². The minimum Gasteiger partial charge on any atom is -0.444 e. The van der Waals surface area contributed by atoms with Crippen LogP contribution >= 0.6 is 11.3 Å². The number of rotatable bonds is 6. The van der Waals surface area contributed by atoms with Gasteiger partial charge in [-0.1, -0.05) is 6.92 Å². The van der Waals surface area contributed by atoms with Crippen LogP contribution in [0.15, 0.2) is 16.3 Å². The molecule has 0 saturated heterocycles. The molecule has 0 radical (unpaired) electrons. The third-order valence-corrected chi connectivity index (χ3v) is 5.92. The van der Waals surface area contributed by atoms with E-state index in [2.05, 4.69) is 10.0 Å². The summed E-state index contributed by atoms with van der Waals surface area (Å²) in [6.45, 7) is 10.8. The molecule has 0 aliphatic carbocycles. The number of hydrogen-bond acceptors (Lipinski definition) is 5. The lowest BCUT2D eigenvalue weighted by atomic mass is 10.1. The normalized spacial score (nSPS) is 13.0. The van der Waals surface area contributed by atoms with Gasteiger partial charge in [0.05, 0.1) is 5.54 Å². The van der Waals surface area contributed by atoms with Crippen LogP contribution in [0, 0.1) is 0 Å². The van der Waals surface area contributed by atoms with Crippen LogP contribution in [0.3, 0.4) is 0 Å². The first kappa shape index (κ1) is 19.9. The van der Waals surface area contributed by atoms with Crippen molar-refractivity contribution in [3.8, 4) is 0 Å². The Bertz CT molecular complexity index is 643. The minimum atomic E-state index is -3.58. The Labute approximate surface area is 142 Å². The Hall–Kier alpha value is -1.12. The molecule has 0 unspecified atom stereocenters. The first-order chi connectivity index (χ1) is 10.3. The predicted octanol–water partition coefficient (Wildman–Crippen LogP) is 2.89. The third kappa shape index (κ3) is 6.88. The highest BCUT2D eigenvalue weighted by Crippen LogP contribution is 2.22. The Balaban J connectivity index is 2.66. The standard InChI is InChI=1S/C15H26N2O4S2/c1-7-11-8-9-12(22-11)23(19,20)16-10-15(5,6)17-13(18)21-14(2,3)4/h8-9,16H,7,10H2,1-6H3,(H,17,18). The maximum Gasteiger partial charge on any atom is 0.408 e. The number of amides is 1. The molecule has 0 fully saturated rings. The summed E-state index contributed by atoms with van der Waals surface area (Å²) in [4.78, 5) is 12.8. The second-order valence-electron chi connectivity index (χ2n) is 6.91. The van der Waals surface area contributed by atoms with Crippen molar-refractivity contribution >= 4 is 27.5 Å². The van der Waals surface area contributed by atoms with Crippen LogP contribution in [-0.2, 0) is 21.2 Å². The summed E-state index contributed by atoms with van der Waals surface area (Å²) in [5.74, 6) is 0. The first-order valence-corrected chi connectivity index (χ1v) is 9.74. The number of nitrogens with one attached hydrogen (secondary N) is 2. The molecule has 0 aromatic carbocycles. The van der Waals surface area contributed by atoms with Gasteiger partial charge in [0.25, 0.3) is 0 Å². The van der Waals surface area contributed by atoms with Gasteiger partial charge in [0, 0.05) is 11.4 Å². The molecular weight excluding hydrogens is 336 g/mol. The topological polar surface area (TPSA) is 84.5 Å². The molecule has 132 valence electrons. The van der Waals surface area contributed by atoms with E-state index in [0.717, 1.165) is 11.3 Å². The van der Waals surface area contributed by atoms with Crippen LogP contribution < -0.4 is 10.0 Å². The number of aryl methyl sites for hydroxylation is 1. The Morgan fingerprint density at radius 3 is 2.30 bits per heavy atom. The molecule has 6 nitrogen and oxygen atoms in total. The number of carbonyl (C=O) groups excluding carboxylic acids is 1. The lowest BCUT2D eigenvalue weighted by molar-refractivity contribution is 0.0474. The van der Waals surface area contributed by atoms with Gasteiger partial charge in [0.15, 0.2) is 0 Å². The highest BCUT2D eigenvalue weighted by Gasteiger charge is 2.27. The van der Waals surface area contributed by atoms with Crippen molar-refractivity contribution in [2.75, 3.05) is 6.54 Å². The summed E-state index contributed by atoms with van der Waals surface area (Å²) >= 11 is 1.25. The van der Waals surface area contributed by atoms with E-state index >= 15 is 0 Å². The average Bonchev–Trinajstić information content (AvgIpc) is 2.83. The van der Waals surface area contributed by atoms with Gasteiger partial charge in [0.1, 0.15) is 9.81 Å². The molecule has 1 aromatic heterocycles. The highest BCUT2D eigenvalue weighted by molar-refractivity contribution is 7.91. The zero-order valence-electron chi connectivity index (χ0n) is 14.5. The lowest BCUT2D eigenvalue weighted by Gasteiger charge is -2.28. The van der Waals surface area contributed by atoms with E-state index in [1.807, 2.05) is 13.0 Å². The number of hydrogen-bond donors (Lipinski definition) is 2. The van der Waals surface area contributed by atoms with Crippen molar-refractivity contribution in [3.05, 3.63) is 17.0 Å². The summed E-state index contributed by atoms with van der Waals surface area (Å²) in [6.07, 6.45) is 0.220. The van der Waals surface area contributed by atoms with Crippen molar-refractivity contribution in [3.63, 3.8) is 0 Å². The quantitative estimate of drug-likeness (QED) is 0.815. The van der Waals surface area contributed by atoms with Gasteiger partial charge in [0.2, 0.25) is 10.0 Å². The van der Waals surface area contributed by atoms with Crippen LogP contribution in [0.25, 0.3) is 0 Å². The van der Waals surface area contributed by atoms with Crippen LogP contribution in [0.5, 0.6) is 0 Å². The molecule has 0 bridgehead atoms. The molecule has 1 rings (SSSR count). The molecule has 0 aliphatic heterocycles. The van der Waals surface area contributed by atoms with Crippen molar-refractivity contribution < 1.29 is 17.9 Å². The van der Waals surface area contributed by atoms with E-state index in [4.69, 9.17) is 4.74 Å². The van der Waals surface area contributed by atoms with Gasteiger partial charge in [-0.2, -0.15) is 0 Å². The monoisotopic (exact) mass is 362 g/mol. The van der Waals surface area contributed by atoms with Gasteiger partial charge in [-0.3, -0.25) is 0 Å². The number of sulfonamides is 1. The van der Waals surface area contributed by atoms with E-state index in [1.54, 1.807) is 40.7 Å². The molecule has 0 spiro atoms. The van der Waals surface area contributed by atoms with Gasteiger partial charge in [-0.05, 0) is 53.2 Å². The molecule has 0 atom stereocenters.